The van der Waals surface area contributed by atoms with Crippen molar-refractivity contribution in [2.45, 2.75) is 25.4 Å². The van der Waals surface area contributed by atoms with Gasteiger partial charge in [0.15, 0.2) is 0 Å². The number of carboxylic acid groups (broad SMARTS) is 1. The van der Waals surface area contributed by atoms with Gasteiger partial charge in [0.2, 0.25) is 5.91 Å². The van der Waals surface area contributed by atoms with Crippen LogP contribution in [0.15, 0.2) is 78.9 Å². The summed E-state index contributed by atoms with van der Waals surface area (Å²) in [6.07, 6.45) is -0.267. The second kappa shape index (κ2) is 10.8. The Morgan fingerprint density at radius 1 is 0.812 bits per heavy atom. The minimum Gasteiger partial charge on any atom is -0.508 e. The van der Waals surface area contributed by atoms with Crippen molar-refractivity contribution in [2.75, 3.05) is 0 Å². The van der Waals surface area contributed by atoms with Crippen LogP contribution in [0.5, 0.6) is 5.75 Å². The highest BCUT2D eigenvalue weighted by atomic mass is 16.4. The number of rotatable bonds is 9. The second-order valence-electron chi connectivity index (χ2n) is 7.29. The summed E-state index contributed by atoms with van der Waals surface area (Å²) in [6, 6.07) is 21.8. The summed E-state index contributed by atoms with van der Waals surface area (Å²) in [5.74, 6) is -1.78. The third-order valence-electron chi connectivity index (χ3n) is 4.93. The Labute approximate surface area is 185 Å². The SMILES string of the molecule is O=C(O)CC[C@H](NC(=O)c1ccc(-c2ccc(O)cc2)cc1)C(=O)NCc1ccccc1. The molecular formula is C25H24N2O5. The number of hydrogen-bond acceptors (Lipinski definition) is 4. The fourth-order valence-electron chi connectivity index (χ4n) is 3.15. The minimum absolute atomic E-state index is 0.0205. The molecule has 32 heavy (non-hydrogen) atoms. The van der Waals surface area contributed by atoms with Gasteiger partial charge in [-0.2, -0.15) is 0 Å². The van der Waals surface area contributed by atoms with Crippen LogP contribution in [0.1, 0.15) is 28.8 Å². The van der Waals surface area contributed by atoms with Gasteiger partial charge in [0.05, 0.1) is 0 Å². The van der Waals surface area contributed by atoms with Crippen LogP contribution < -0.4 is 10.6 Å². The molecule has 0 saturated carbocycles. The molecule has 0 radical (unpaired) electrons. The molecule has 0 saturated heterocycles. The standard InChI is InChI=1S/C25H24N2O5/c28-21-12-10-19(11-13-21)18-6-8-20(9-7-18)24(31)27-22(14-15-23(29)30)25(32)26-16-17-4-2-1-3-5-17/h1-13,22,28H,14-16H2,(H,26,32)(H,27,31)(H,29,30)/t22-/m0/s1. The van der Waals surface area contributed by atoms with E-state index in [1.54, 1.807) is 48.5 Å². The molecule has 0 spiro atoms. The first-order chi connectivity index (χ1) is 15.4. The van der Waals surface area contributed by atoms with Crippen LogP contribution in [0.3, 0.4) is 0 Å². The van der Waals surface area contributed by atoms with E-state index in [0.717, 1.165) is 16.7 Å². The van der Waals surface area contributed by atoms with Gasteiger partial charge in [-0.3, -0.25) is 14.4 Å². The summed E-state index contributed by atoms with van der Waals surface area (Å²) in [4.78, 5) is 36.3. The van der Waals surface area contributed by atoms with Gasteiger partial charge in [0, 0.05) is 18.5 Å². The van der Waals surface area contributed by atoms with Crippen molar-refractivity contribution in [3.63, 3.8) is 0 Å². The van der Waals surface area contributed by atoms with Crippen LogP contribution >= 0.6 is 0 Å². The number of nitrogens with one attached hydrogen (secondary N) is 2. The molecule has 0 aliphatic carbocycles. The van der Waals surface area contributed by atoms with Gasteiger partial charge in [-0.1, -0.05) is 54.6 Å². The van der Waals surface area contributed by atoms with Crippen molar-refractivity contribution in [3.05, 3.63) is 90.0 Å². The lowest BCUT2D eigenvalue weighted by molar-refractivity contribution is -0.137. The molecule has 0 aliphatic heterocycles. The van der Waals surface area contributed by atoms with E-state index in [4.69, 9.17) is 5.11 Å². The molecule has 0 aliphatic rings. The summed E-state index contributed by atoms with van der Waals surface area (Å²) < 4.78 is 0. The van der Waals surface area contributed by atoms with E-state index in [2.05, 4.69) is 10.6 Å². The average Bonchev–Trinajstić information content (AvgIpc) is 2.81. The predicted octanol–water partition coefficient (Wildman–Crippen LogP) is 3.34. The molecule has 3 aromatic rings. The Morgan fingerprint density at radius 2 is 1.41 bits per heavy atom. The predicted molar refractivity (Wildman–Crippen MR) is 120 cm³/mol. The number of aliphatic carboxylic acids is 1. The Hall–Kier alpha value is -4.13. The Kier molecular flexibility index (Phi) is 7.59. The van der Waals surface area contributed by atoms with Gasteiger partial charge in [-0.25, -0.2) is 0 Å². The molecule has 2 amide bonds. The van der Waals surface area contributed by atoms with Crippen molar-refractivity contribution in [1.29, 1.82) is 0 Å². The lowest BCUT2D eigenvalue weighted by Crippen LogP contribution is -2.46. The monoisotopic (exact) mass is 432 g/mol. The van der Waals surface area contributed by atoms with E-state index in [-0.39, 0.29) is 25.1 Å². The smallest absolute Gasteiger partial charge is 0.303 e. The number of hydrogen-bond donors (Lipinski definition) is 4. The molecule has 0 heterocycles. The first-order valence-electron chi connectivity index (χ1n) is 10.2. The molecule has 3 aromatic carbocycles. The van der Waals surface area contributed by atoms with Crippen molar-refractivity contribution in [3.8, 4) is 16.9 Å². The second-order valence-corrected chi connectivity index (χ2v) is 7.29. The summed E-state index contributed by atoms with van der Waals surface area (Å²) in [5, 5.41) is 23.8. The van der Waals surface area contributed by atoms with Gasteiger partial charge in [0.1, 0.15) is 11.8 Å². The molecule has 7 heteroatoms. The highest BCUT2D eigenvalue weighted by Gasteiger charge is 2.22. The van der Waals surface area contributed by atoms with Crippen molar-refractivity contribution < 1.29 is 24.6 Å². The fraction of sp³-hybridized carbons (Fsp3) is 0.160. The van der Waals surface area contributed by atoms with Crippen LogP contribution in [0.2, 0.25) is 0 Å². The number of phenolic OH excluding ortho intramolecular Hbond substituents is 1. The van der Waals surface area contributed by atoms with E-state index in [1.807, 2.05) is 30.3 Å². The summed E-state index contributed by atoms with van der Waals surface area (Å²) in [7, 11) is 0. The van der Waals surface area contributed by atoms with Crippen molar-refractivity contribution in [2.24, 2.45) is 0 Å². The maximum absolute atomic E-state index is 12.7. The van der Waals surface area contributed by atoms with Crippen LogP contribution in [0.4, 0.5) is 0 Å². The molecule has 3 rings (SSSR count). The van der Waals surface area contributed by atoms with Gasteiger partial charge < -0.3 is 20.8 Å². The zero-order valence-corrected chi connectivity index (χ0v) is 17.3. The number of carboxylic acids is 1. The highest BCUT2D eigenvalue weighted by molar-refractivity contribution is 5.98. The fourth-order valence-corrected chi connectivity index (χ4v) is 3.15. The maximum Gasteiger partial charge on any atom is 0.303 e. The van der Waals surface area contributed by atoms with Gasteiger partial charge in [0.25, 0.3) is 5.91 Å². The lowest BCUT2D eigenvalue weighted by atomic mass is 10.0. The van der Waals surface area contributed by atoms with E-state index in [9.17, 15) is 19.5 Å². The number of phenols is 1. The van der Waals surface area contributed by atoms with Gasteiger partial charge >= 0.3 is 5.97 Å². The van der Waals surface area contributed by atoms with Gasteiger partial charge in [-0.05, 0) is 47.4 Å². The zero-order chi connectivity index (χ0) is 22.9. The van der Waals surface area contributed by atoms with Crippen molar-refractivity contribution >= 4 is 17.8 Å². The maximum atomic E-state index is 12.7. The van der Waals surface area contributed by atoms with Crippen LogP contribution in [0.25, 0.3) is 11.1 Å². The number of aromatic hydroxyl groups is 1. The van der Waals surface area contributed by atoms with E-state index in [1.165, 1.54) is 0 Å². The lowest BCUT2D eigenvalue weighted by Gasteiger charge is -2.18. The molecule has 7 nitrogen and oxygen atoms in total. The third kappa shape index (κ3) is 6.43. The molecule has 0 fully saturated rings. The normalized spacial score (nSPS) is 11.4. The Balaban J connectivity index is 1.66. The third-order valence-corrected chi connectivity index (χ3v) is 4.93. The minimum atomic E-state index is -1.04. The first kappa shape index (κ1) is 22.6. The molecular weight excluding hydrogens is 408 g/mol. The summed E-state index contributed by atoms with van der Waals surface area (Å²) in [5.41, 5.74) is 3.00. The molecule has 0 bridgehead atoms. The average molecular weight is 432 g/mol. The molecule has 4 N–H and O–H groups in total. The number of benzene rings is 3. The molecule has 0 unspecified atom stereocenters. The highest BCUT2D eigenvalue weighted by Crippen LogP contribution is 2.22. The number of amides is 2. The molecule has 164 valence electrons. The number of carbonyl (C=O) groups is 3. The van der Waals surface area contributed by atoms with Crippen LogP contribution in [-0.2, 0) is 16.1 Å². The van der Waals surface area contributed by atoms with Crippen LogP contribution in [0, 0.1) is 0 Å². The van der Waals surface area contributed by atoms with Crippen LogP contribution in [-0.4, -0.2) is 34.0 Å². The van der Waals surface area contributed by atoms with E-state index in [0.29, 0.717) is 5.56 Å². The first-order valence-corrected chi connectivity index (χ1v) is 10.2. The van der Waals surface area contributed by atoms with Gasteiger partial charge in [-0.15, -0.1) is 0 Å². The topological polar surface area (TPSA) is 116 Å². The molecule has 1 atom stereocenters. The Morgan fingerprint density at radius 3 is 2.00 bits per heavy atom. The largest absolute Gasteiger partial charge is 0.508 e. The van der Waals surface area contributed by atoms with E-state index < -0.39 is 23.8 Å². The quantitative estimate of drug-likeness (QED) is 0.414. The zero-order valence-electron chi connectivity index (χ0n) is 17.3. The number of carbonyl (C=O) groups excluding carboxylic acids is 2. The van der Waals surface area contributed by atoms with E-state index >= 15 is 0 Å². The summed E-state index contributed by atoms with van der Waals surface area (Å²) >= 11 is 0. The Bertz CT molecular complexity index is 1060. The molecule has 0 aromatic heterocycles. The summed E-state index contributed by atoms with van der Waals surface area (Å²) in [6.45, 7) is 0.278. The van der Waals surface area contributed by atoms with Crippen molar-refractivity contribution in [1.82, 2.24) is 10.6 Å².